The first-order chi connectivity index (χ1) is 10.7. The Morgan fingerprint density at radius 1 is 0.955 bits per heavy atom. The van der Waals surface area contributed by atoms with Crippen molar-refractivity contribution in [3.8, 4) is 0 Å². The van der Waals surface area contributed by atoms with Crippen molar-refractivity contribution in [1.82, 2.24) is 0 Å². The molecule has 1 aromatic rings. The second-order valence-corrected chi connectivity index (χ2v) is 6.50. The molecule has 1 rings (SSSR count). The molecular weight excluding hydrogens is 272 g/mol. The van der Waals surface area contributed by atoms with Crippen LogP contribution in [0.3, 0.4) is 0 Å². The van der Waals surface area contributed by atoms with E-state index in [1.54, 1.807) is 13.2 Å². The zero-order valence-electron chi connectivity index (χ0n) is 14.8. The number of ketones is 1. The summed E-state index contributed by atoms with van der Waals surface area (Å²) < 4.78 is 5.67. The molecule has 2 nitrogen and oxygen atoms in total. The molecule has 0 aliphatic carbocycles. The molecule has 0 fully saturated rings. The van der Waals surface area contributed by atoms with Gasteiger partial charge >= 0.3 is 0 Å². The Kier molecular flexibility index (Phi) is 9.94. The first kappa shape index (κ1) is 19.0. The van der Waals surface area contributed by atoms with E-state index >= 15 is 0 Å². The van der Waals surface area contributed by atoms with Crippen molar-refractivity contribution in [3.05, 3.63) is 23.7 Å². The minimum absolute atomic E-state index is 0.129. The first-order valence-corrected chi connectivity index (χ1v) is 9.29. The van der Waals surface area contributed by atoms with Crippen molar-refractivity contribution >= 4 is 5.78 Å². The van der Waals surface area contributed by atoms with Crippen LogP contribution in [0.25, 0.3) is 0 Å². The van der Waals surface area contributed by atoms with Crippen molar-refractivity contribution in [2.24, 2.45) is 0 Å². The molecule has 1 heterocycles. The summed E-state index contributed by atoms with van der Waals surface area (Å²) in [4.78, 5) is 11.7. The molecule has 1 atom stereocenters. The monoisotopic (exact) mass is 306 g/mol. The molecule has 0 saturated heterocycles. The Morgan fingerprint density at radius 2 is 1.55 bits per heavy atom. The lowest BCUT2D eigenvalue weighted by molar-refractivity contribution is 0.101. The van der Waals surface area contributed by atoms with Gasteiger partial charge in [0.25, 0.3) is 0 Å². The van der Waals surface area contributed by atoms with E-state index in [2.05, 4.69) is 13.8 Å². The molecule has 126 valence electrons. The molecule has 0 amide bonds. The van der Waals surface area contributed by atoms with Crippen molar-refractivity contribution < 1.29 is 9.21 Å². The van der Waals surface area contributed by atoms with E-state index in [0.29, 0.717) is 5.92 Å². The second kappa shape index (κ2) is 11.5. The standard InChI is InChI=1S/C20H34O2/c1-4-6-8-9-10-11-12-14-18(13-7-5-2)20-19(17(3)21)15-16-22-20/h15-16,18H,4-14H2,1-3H3. The van der Waals surface area contributed by atoms with Crippen LogP contribution in [-0.2, 0) is 0 Å². The van der Waals surface area contributed by atoms with Gasteiger partial charge in [-0.15, -0.1) is 0 Å². The Hall–Kier alpha value is -1.05. The largest absolute Gasteiger partial charge is 0.468 e. The molecule has 0 aliphatic heterocycles. The normalized spacial score (nSPS) is 12.5. The van der Waals surface area contributed by atoms with Crippen molar-refractivity contribution in [3.63, 3.8) is 0 Å². The molecule has 0 bridgehead atoms. The maximum atomic E-state index is 11.7. The lowest BCUT2D eigenvalue weighted by Gasteiger charge is -2.15. The van der Waals surface area contributed by atoms with E-state index in [4.69, 9.17) is 4.42 Å². The summed E-state index contributed by atoms with van der Waals surface area (Å²) in [6, 6.07) is 1.83. The van der Waals surface area contributed by atoms with Gasteiger partial charge in [0.05, 0.1) is 11.8 Å². The van der Waals surface area contributed by atoms with Gasteiger partial charge in [-0.1, -0.05) is 71.6 Å². The molecular formula is C20H34O2. The van der Waals surface area contributed by atoms with E-state index in [0.717, 1.165) is 24.2 Å². The molecule has 0 N–H and O–H groups in total. The van der Waals surface area contributed by atoms with Gasteiger partial charge < -0.3 is 4.42 Å². The zero-order chi connectivity index (χ0) is 16.2. The van der Waals surface area contributed by atoms with Crippen molar-refractivity contribution in [2.45, 2.75) is 97.3 Å². The molecule has 1 unspecified atom stereocenters. The van der Waals surface area contributed by atoms with Gasteiger partial charge in [0, 0.05) is 5.92 Å². The van der Waals surface area contributed by atoms with Crippen LogP contribution in [0.5, 0.6) is 0 Å². The Balaban J connectivity index is 2.44. The lowest BCUT2D eigenvalue weighted by Crippen LogP contribution is -2.04. The van der Waals surface area contributed by atoms with Crippen LogP contribution in [0, 0.1) is 0 Å². The molecule has 0 saturated carbocycles. The van der Waals surface area contributed by atoms with Crippen LogP contribution >= 0.6 is 0 Å². The highest BCUT2D eigenvalue weighted by Crippen LogP contribution is 2.31. The molecule has 22 heavy (non-hydrogen) atoms. The Labute approximate surface area is 136 Å². The maximum Gasteiger partial charge on any atom is 0.163 e. The molecule has 0 aliphatic rings. The van der Waals surface area contributed by atoms with Gasteiger partial charge in [0.15, 0.2) is 5.78 Å². The number of hydrogen-bond acceptors (Lipinski definition) is 2. The van der Waals surface area contributed by atoms with Crippen LogP contribution < -0.4 is 0 Å². The first-order valence-electron chi connectivity index (χ1n) is 9.29. The summed E-state index contributed by atoms with van der Waals surface area (Å²) in [5.74, 6) is 1.49. The topological polar surface area (TPSA) is 30.2 Å². The van der Waals surface area contributed by atoms with Gasteiger partial charge in [-0.05, 0) is 25.8 Å². The minimum Gasteiger partial charge on any atom is -0.468 e. The summed E-state index contributed by atoms with van der Waals surface area (Å²) in [6.45, 7) is 6.12. The Morgan fingerprint density at radius 3 is 2.18 bits per heavy atom. The smallest absolute Gasteiger partial charge is 0.163 e. The highest BCUT2D eigenvalue weighted by atomic mass is 16.3. The number of furan rings is 1. The number of unbranched alkanes of at least 4 members (excludes halogenated alkanes) is 7. The predicted octanol–water partition coefficient (Wildman–Crippen LogP) is 6.90. The van der Waals surface area contributed by atoms with Gasteiger partial charge in [-0.2, -0.15) is 0 Å². The third-order valence-corrected chi connectivity index (χ3v) is 4.51. The number of carbonyl (C=O) groups is 1. The average Bonchev–Trinajstić information content (AvgIpc) is 2.99. The molecule has 2 heteroatoms. The molecule has 0 spiro atoms. The summed E-state index contributed by atoms with van der Waals surface area (Å²) in [7, 11) is 0. The van der Waals surface area contributed by atoms with Crippen LogP contribution in [0.15, 0.2) is 16.7 Å². The fourth-order valence-corrected chi connectivity index (χ4v) is 3.13. The van der Waals surface area contributed by atoms with Crippen LogP contribution in [0.2, 0.25) is 0 Å². The van der Waals surface area contributed by atoms with Gasteiger partial charge in [0.2, 0.25) is 0 Å². The third kappa shape index (κ3) is 6.81. The quantitative estimate of drug-likeness (QED) is 0.293. The van der Waals surface area contributed by atoms with E-state index in [1.165, 1.54) is 57.8 Å². The van der Waals surface area contributed by atoms with E-state index < -0.39 is 0 Å². The number of Topliss-reactive ketones (excluding diaryl/α,β-unsaturated/α-hetero) is 1. The fourth-order valence-electron chi connectivity index (χ4n) is 3.13. The average molecular weight is 306 g/mol. The van der Waals surface area contributed by atoms with E-state index in [1.807, 2.05) is 6.07 Å². The maximum absolute atomic E-state index is 11.7. The SMILES string of the molecule is CCCCCCCCCC(CCCC)c1occc1C(C)=O. The Bertz CT molecular complexity index is 406. The lowest BCUT2D eigenvalue weighted by atomic mass is 9.90. The van der Waals surface area contributed by atoms with Crippen molar-refractivity contribution in [2.75, 3.05) is 0 Å². The highest BCUT2D eigenvalue weighted by Gasteiger charge is 2.20. The zero-order valence-corrected chi connectivity index (χ0v) is 14.8. The number of rotatable bonds is 13. The molecule has 0 radical (unpaired) electrons. The van der Waals surface area contributed by atoms with Gasteiger partial charge in [0.1, 0.15) is 5.76 Å². The van der Waals surface area contributed by atoms with Crippen molar-refractivity contribution in [1.29, 1.82) is 0 Å². The van der Waals surface area contributed by atoms with E-state index in [-0.39, 0.29) is 5.78 Å². The third-order valence-electron chi connectivity index (χ3n) is 4.51. The molecule has 1 aromatic heterocycles. The van der Waals surface area contributed by atoms with Gasteiger partial charge in [-0.3, -0.25) is 4.79 Å². The van der Waals surface area contributed by atoms with Crippen LogP contribution in [0.4, 0.5) is 0 Å². The van der Waals surface area contributed by atoms with E-state index in [9.17, 15) is 4.79 Å². The second-order valence-electron chi connectivity index (χ2n) is 6.50. The highest BCUT2D eigenvalue weighted by molar-refractivity contribution is 5.95. The summed E-state index contributed by atoms with van der Waals surface area (Å²) in [6.07, 6.45) is 15.7. The molecule has 0 aromatic carbocycles. The fraction of sp³-hybridized carbons (Fsp3) is 0.750. The minimum atomic E-state index is 0.129. The van der Waals surface area contributed by atoms with Crippen LogP contribution in [-0.4, -0.2) is 5.78 Å². The predicted molar refractivity (Wildman–Crippen MR) is 93.6 cm³/mol. The number of hydrogen-bond donors (Lipinski definition) is 0. The van der Waals surface area contributed by atoms with Crippen LogP contribution in [0.1, 0.15) is 113 Å². The number of carbonyl (C=O) groups excluding carboxylic acids is 1. The summed E-state index contributed by atoms with van der Waals surface area (Å²) in [5, 5.41) is 0. The van der Waals surface area contributed by atoms with Gasteiger partial charge in [-0.25, -0.2) is 0 Å². The summed E-state index contributed by atoms with van der Waals surface area (Å²) >= 11 is 0. The summed E-state index contributed by atoms with van der Waals surface area (Å²) in [5.41, 5.74) is 0.795.